The molecule has 0 saturated carbocycles. The Labute approximate surface area is 120 Å². The van der Waals surface area contributed by atoms with Gasteiger partial charge in [-0.2, -0.15) is 0 Å². The molecule has 0 spiro atoms. The van der Waals surface area contributed by atoms with Gasteiger partial charge in [0.2, 0.25) is 0 Å². The van der Waals surface area contributed by atoms with Crippen LogP contribution < -0.4 is 0 Å². The quantitative estimate of drug-likeness (QED) is 0.728. The van der Waals surface area contributed by atoms with E-state index in [0.29, 0.717) is 16.7 Å². The number of hydrogen-bond donors (Lipinski definition) is 0. The lowest BCUT2D eigenvalue weighted by Gasteiger charge is -2.04. The predicted molar refractivity (Wildman–Crippen MR) is 75.6 cm³/mol. The van der Waals surface area contributed by atoms with Crippen LogP contribution in [0.1, 0.15) is 11.4 Å². The largest absolute Gasteiger partial charge is 0.331 e. The van der Waals surface area contributed by atoms with Gasteiger partial charge < -0.3 is 4.57 Å². The summed E-state index contributed by atoms with van der Waals surface area (Å²) in [6.45, 7) is 0. The van der Waals surface area contributed by atoms with E-state index < -0.39 is 0 Å². The molecule has 0 aliphatic carbocycles. The lowest BCUT2D eigenvalue weighted by Crippen LogP contribution is -2.01. The molecule has 0 aliphatic rings. The van der Waals surface area contributed by atoms with Gasteiger partial charge >= 0.3 is 0 Å². The Morgan fingerprint density at radius 2 is 1.95 bits per heavy atom. The molecule has 3 rings (SSSR count). The maximum Gasteiger partial charge on any atom is 0.155 e. The average molecular weight is 293 g/mol. The van der Waals surface area contributed by atoms with Crippen LogP contribution in [-0.2, 0) is 13.5 Å². The summed E-state index contributed by atoms with van der Waals surface area (Å²) in [5.74, 6) is 0.909. The van der Waals surface area contributed by atoms with Gasteiger partial charge in [-0.05, 0) is 18.2 Å². The van der Waals surface area contributed by atoms with Gasteiger partial charge in [0.05, 0.1) is 11.0 Å². The van der Waals surface area contributed by atoms with E-state index in [0.717, 1.165) is 22.4 Å². The first kappa shape index (κ1) is 12.4. The molecule has 0 amide bonds. The van der Waals surface area contributed by atoms with Crippen LogP contribution in [0.25, 0.3) is 11.0 Å². The fourth-order valence-corrected chi connectivity index (χ4v) is 2.36. The van der Waals surface area contributed by atoms with Gasteiger partial charge in [-0.1, -0.05) is 35.3 Å². The third kappa shape index (κ3) is 2.29. The van der Waals surface area contributed by atoms with Crippen molar-refractivity contribution in [3.05, 3.63) is 52.0 Å². The molecular weight excluding hydrogens is 283 g/mol. The summed E-state index contributed by atoms with van der Waals surface area (Å²) in [6.07, 6.45) is 0.569. The summed E-state index contributed by atoms with van der Waals surface area (Å²) >= 11 is 11.9. The van der Waals surface area contributed by atoms with Gasteiger partial charge in [-0.3, -0.25) is 0 Å². The van der Waals surface area contributed by atoms with E-state index in [1.807, 2.05) is 35.9 Å². The number of hydrogen-bond acceptors (Lipinski definition) is 3. The Balaban J connectivity index is 2.06. The topological polar surface area (TPSA) is 43.6 Å². The highest BCUT2D eigenvalue weighted by Gasteiger charge is 2.11. The zero-order chi connectivity index (χ0) is 13.4. The van der Waals surface area contributed by atoms with Crippen molar-refractivity contribution in [3.8, 4) is 0 Å². The zero-order valence-corrected chi connectivity index (χ0v) is 11.7. The second-order valence-corrected chi connectivity index (χ2v) is 4.98. The smallest absolute Gasteiger partial charge is 0.155 e. The average Bonchev–Trinajstić information content (AvgIpc) is 2.72. The third-order valence-electron chi connectivity index (χ3n) is 3.02. The summed E-state index contributed by atoms with van der Waals surface area (Å²) < 4.78 is 2.04. The summed E-state index contributed by atoms with van der Waals surface area (Å²) in [5, 5.41) is 8.20. The minimum atomic E-state index is 0.332. The van der Waals surface area contributed by atoms with E-state index in [1.165, 1.54) is 0 Å². The molecule has 0 bridgehead atoms. The zero-order valence-electron chi connectivity index (χ0n) is 10.1. The highest BCUT2D eigenvalue weighted by molar-refractivity contribution is 6.31. The van der Waals surface area contributed by atoms with Crippen molar-refractivity contribution in [3.63, 3.8) is 0 Å². The number of aryl methyl sites for hydroxylation is 1. The van der Waals surface area contributed by atoms with Crippen molar-refractivity contribution >= 4 is 34.2 Å². The lowest BCUT2D eigenvalue weighted by atomic mass is 10.2. The minimum Gasteiger partial charge on any atom is -0.331 e. The van der Waals surface area contributed by atoms with E-state index in [4.69, 9.17) is 23.2 Å². The van der Waals surface area contributed by atoms with Crippen LogP contribution >= 0.6 is 23.2 Å². The molecule has 2 heterocycles. The number of para-hydroxylation sites is 2. The second-order valence-electron chi connectivity index (χ2n) is 4.24. The number of halogens is 2. The molecule has 3 aromatic rings. The van der Waals surface area contributed by atoms with Gasteiger partial charge in [0, 0.05) is 19.0 Å². The van der Waals surface area contributed by atoms with Crippen LogP contribution in [0.3, 0.4) is 0 Å². The van der Waals surface area contributed by atoms with Crippen LogP contribution in [-0.4, -0.2) is 19.7 Å². The first-order valence-corrected chi connectivity index (χ1v) is 6.48. The molecule has 1 aromatic carbocycles. The molecule has 6 heteroatoms. The molecule has 0 saturated heterocycles. The summed E-state index contributed by atoms with van der Waals surface area (Å²) in [4.78, 5) is 4.59. The van der Waals surface area contributed by atoms with Gasteiger partial charge in [-0.15, -0.1) is 10.2 Å². The Bertz CT molecular complexity index is 751. The normalized spacial score (nSPS) is 11.1. The molecule has 0 N–H and O–H groups in total. The Morgan fingerprint density at radius 3 is 2.74 bits per heavy atom. The van der Waals surface area contributed by atoms with Crippen molar-refractivity contribution in [2.75, 3.05) is 0 Å². The van der Waals surface area contributed by atoms with Crippen LogP contribution in [0, 0.1) is 0 Å². The molecule has 0 aliphatic heterocycles. The molecule has 19 heavy (non-hydrogen) atoms. The van der Waals surface area contributed by atoms with E-state index in [9.17, 15) is 0 Å². The van der Waals surface area contributed by atoms with Crippen molar-refractivity contribution < 1.29 is 0 Å². The number of imidazole rings is 1. The highest BCUT2D eigenvalue weighted by Crippen LogP contribution is 2.21. The second kappa shape index (κ2) is 4.79. The Morgan fingerprint density at radius 1 is 1.16 bits per heavy atom. The van der Waals surface area contributed by atoms with Gasteiger partial charge in [0.25, 0.3) is 0 Å². The van der Waals surface area contributed by atoms with E-state index in [2.05, 4.69) is 15.2 Å². The van der Waals surface area contributed by atoms with Crippen molar-refractivity contribution in [1.29, 1.82) is 0 Å². The molecule has 4 nitrogen and oxygen atoms in total. The standard InChI is InChI=1S/C13H10Cl2N4/c1-19-10-5-3-2-4-9(10)16-12(19)7-8-6-11(14)17-18-13(8)15/h2-6H,7H2,1H3. The predicted octanol–water partition coefficient (Wildman–Crippen LogP) is 3.26. The molecule has 0 radical (unpaired) electrons. The number of benzene rings is 1. The Kier molecular flexibility index (Phi) is 3.12. The summed E-state index contributed by atoms with van der Waals surface area (Å²) in [6, 6.07) is 9.70. The van der Waals surface area contributed by atoms with Gasteiger partial charge in [0.15, 0.2) is 10.3 Å². The monoisotopic (exact) mass is 292 g/mol. The first-order chi connectivity index (χ1) is 9.15. The summed E-state index contributed by atoms with van der Waals surface area (Å²) in [7, 11) is 1.98. The van der Waals surface area contributed by atoms with Crippen molar-refractivity contribution in [1.82, 2.24) is 19.7 Å². The third-order valence-corrected chi connectivity index (χ3v) is 3.52. The number of fused-ring (bicyclic) bond motifs is 1. The van der Waals surface area contributed by atoms with Crippen LogP contribution in [0.4, 0.5) is 0 Å². The molecular formula is C13H10Cl2N4. The molecule has 0 fully saturated rings. The lowest BCUT2D eigenvalue weighted by molar-refractivity contribution is 0.838. The fraction of sp³-hybridized carbons (Fsp3) is 0.154. The summed E-state index contributed by atoms with van der Waals surface area (Å²) in [5.41, 5.74) is 2.87. The number of nitrogens with zero attached hydrogens (tertiary/aromatic N) is 4. The minimum absolute atomic E-state index is 0.332. The van der Waals surface area contributed by atoms with Crippen LogP contribution in [0.5, 0.6) is 0 Å². The maximum absolute atomic E-state index is 6.03. The molecule has 2 aromatic heterocycles. The van der Waals surface area contributed by atoms with E-state index in [1.54, 1.807) is 6.07 Å². The Hall–Kier alpha value is -1.65. The van der Waals surface area contributed by atoms with E-state index >= 15 is 0 Å². The molecule has 0 atom stereocenters. The van der Waals surface area contributed by atoms with Crippen molar-refractivity contribution in [2.24, 2.45) is 7.05 Å². The number of rotatable bonds is 2. The van der Waals surface area contributed by atoms with Gasteiger partial charge in [0.1, 0.15) is 5.82 Å². The highest BCUT2D eigenvalue weighted by atomic mass is 35.5. The molecule has 0 unspecified atom stereocenters. The number of aromatic nitrogens is 4. The van der Waals surface area contributed by atoms with E-state index in [-0.39, 0.29) is 0 Å². The van der Waals surface area contributed by atoms with Gasteiger partial charge in [-0.25, -0.2) is 4.98 Å². The maximum atomic E-state index is 6.03. The van der Waals surface area contributed by atoms with Crippen LogP contribution in [0.2, 0.25) is 10.3 Å². The first-order valence-electron chi connectivity index (χ1n) is 5.73. The molecule has 96 valence electrons. The van der Waals surface area contributed by atoms with Crippen LogP contribution in [0.15, 0.2) is 30.3 Å². The van der Waals surface area contributed by atoms with Crippen molar-refractivity contribution in [2.45, 2.75) is 6.42 Å². The SMILES string of the molecule is Cn1c(Cc2cc(Cl)nnc2Cl)nc2ccccc21. The fourth-order valence-electron chi connectivity index (χ4n) is 2.04.